The Bertz CT molecular complexity index is 376. The van der Waals surface area contributed by atoms with E-state index in [1.807, 2.05) is 0 Å². The highest BCUT2D eigenvalue weighted by Gasteiger charge is 2.49. The highest BCUT2D eigenvalue weighted by Crippen LogP contribution is 2.25. The zero-order valence-corrected chi connectivity index (χ0v) is 10.8. The minimum atomic E-state index is -1.82. The lowest BCUT2D eigenvalue weighted by molar-refractivity contribution is -0.321. The first kappa shape index (κ1) is 16.5. The number of aliphatic hydroxyl groups excluding tert-OH is 5. The number of carbonyl (C=O) groups is 1. The number of aliphatic carboxylic acids is 1. The summed E-state index contributed by atoms with van der Waals surface area (Å²) in [6.45, 7) is -0.199. The van der Waals surface area contributed by atoms with E-state index in [4.69, 9.17) is 19.3 Å². The van der Waals surface area contributed by atoms with Gasteiger partial charge in [-0.1, -0.05) is 0 Å². The van der Waals surface area contributed by atoms with E-state index in [2.05, 4.69) is 0 Å². The monoisotopic (exact) mass is 310 g/mol. The minimum absolute atomic E-state index is 0.0891. The fourth-order valence-electron chi connectivity index (χ4n) is 2.21. The molecule has 10 heteroatoms. The van der Waals surface area contributed by atoms with Gasteiger partial charge in [-0.15, -0.1) is 0 Å². The fraction of sp³-hybridized carbons (Fsp3) is 0.909. The van der Waals surface area contributed by atoms with Gasteiger partial charge >= 0.3 is 5.97 Å². The summed E-state index contributed by atoms with van der Waals surface area (Å²) < 4.78 is 15.0. The highest BCUT2D eigenvalue weighted by molar-refractivity contribution is 5.73. The normalized spacial score (nSPS) is 48.0. The van der Waals surface area contributed by atoms with Crippen LogP contribution in [-0.2, 0) is 19.0 Å². The van der Waals surface area contributed by atoms with Gasteiger partial charge in [0.1, 0.15) is 36.6 Å². The number of hydrogen-bond acceptors (Lipinski definition) is 9. The average Bonchev–Trinajstić information content (AvgIpc) is 2.43. The number of hydrogen-bond donors (Lipinski definition) is 6. The molecule has 2 fully saturated rings. The van der Waals surface area contributed by atoms with Crippen molar-refractivity contribution in [3.05, 3.63) is 0 Å². The largest absolute Gasteiger partial charge is 0.479 e. The first-order valence-corrected chi connectivity index (χ1v) is 6.34. The minimum Gasteiger partial charge on any atom is -0.479 e. The van der Waals surface area contributed by atoms with E-state index in [9.17, 15) is 30.3 Å². The third kappa shape index (κ3) is 3.33. The molecule has 0 spiro atoms. The smallest absolute Gasteiger partial charge is 0.335 e. The predicted octanol–water partition coefficient (Wildman–Crippen LogP) is -3.98. The van der Waals surface area contributed by atoms with Gasteiger partial charge in [0, 0.05) is 0 Å². The number of aliphatic hydroxyl groups is 5. The second-order valence-corrected chi connectivity index (χ2v) is 5.01. The van der Waals surface area contributed by atoms with Crippen molar-refractivity contribution < 1.29 is 49.6 Å². The molecule has 2 aliphatic rings. The van der Waals surface area contributed by atoms with E-state index in [-0.39, 0.29) is 13.2 Å². The Morgan fingerprint density at radius 2 is 1.62 bits per heavy atom. The third-order valence-electron chi connectivity index (χ3n) is 3.47. The van der Waals surface area contributed by atoms with Crippen LogP contribution in [0.2, 0.25) is 0 Å². The summed E-state index contributed by atoms with van der Waals surface area (Å²) in [5.74, 6) is -1.54. The van der Waals surface area contributed by atoms with E-state index < -0.39 is 55.0 Å². The van der Waals surface area contributed by atoms with Gasteiger partial charge in [0.15, 0.2) is 12.4 Å². The van der Waals surface area contributed by atoms with Crippen molar-refractivity contribution in [3.63, 3.8) is 0 Å². The molecule has 0 bridgehead atoms. The summed E-state index contributed by atoms with van der Waals surface area (Å²) in [7, 11) is 0. The molecule has 8 atom stereocenters. The Hall–Kier alpha value is -0.850. The molecule has 0 aliphatic carbocycles. The Morgan fingerprint density at radius 3 is 2.24 bits per heavy atom. The van der Waals surface area contributed by atoms with Crippen LogP contribution in [0.25, 0.3) is 0 Å². The second-order valence-electron chi connectivity index (χ2n) is 5.01. The van der Waals surface area contributed by atoms with Crippen molar-refractivity contribution in [2.75, 3.05) is 13.2 Å². The van der Waals surface area contributed by atoms with Crippen LogP contribution in [0.3, 0.4) is 0 Å². The van der Waals surface area contributed by atoms with E-state index in [1.165, 1.54) is 0 Å². The summed E-state index contributed by atoms with van der Waals surface area (Å²) in [6.07, 6.45) is -12.3. The standard InChI is InChI=1S/C11H18O10/c12-3-1-19-2-4(5(3)13)20-11-8(16)6(14)7(15)9(21-11)10(17)18/h3-9,11-16H,1-2H2,(H,17,18)/t3-,4+,5+,6+,7+,8-,9+,11+/m1/s1. The average molecular weight is 310 g/mol. The van der Waals surface area contributed by atoms with Crippen LogP contribution in [-0.4, -0.2) is 98.8 Å². The van der Waals surface area contributed by atoms with Crippen LogP contribution < -0.4 is 0 Å². The molecule has 2 saturated heterocycles. The lowest BCUT2D eigenvalue weighted by Gasteiger charge is -2.41. The molecule has 2 heterocycles. The molecule has 0 aromatic carbocycles. The molecule has 10 nitrogen and oxygen atoms in total. The summed E-state index contributed by atoms with van der Waals surface area (Å²) in [5.41, 5.74) is 0. The predicted molar refractivity (Wildman–Crippen MR) is 62.0 cm³/mol. The Labute approximate surface area is 119 Å². The SMILES string of the molecule is O=C(O)[C@H]1O[C@H](O[C@H]2COC[C@@H](O)[C@@H]2O)[C@H](O)[C@@H](O)[C@@H]1O. The Kier molecular flexibility index (Phi) is 5.11. The fourth-order valence-corrected chi connectivity index (χ4v) is 2.21. The van der Waals surface area contributed by atoms with E-state index in [1.54, 1.807) is 0 Å². The van der Waals surface area contributed by atoms with Crippen molar-refractivity contribution in [1.29, 1.82) is 0 Å². The van der Waals surface area contributed by atoms with Crippen molar-refractivity contribution in [2.24, 2.45) is 0 Å². The van der Waals surface area contributed by atoms with Gasteiger partial charge in [-0.05, 0) is 0 Å². The van der Waals surface area contributed by atoms with Crippen LogP contribution in [0.15, 0.2) is 0 Å². The van der Waals surface area contributed by atoms with Crippen molar-refractivity contribution in [2.45, 2.75) is 49.0 Å². The van der Waals surface area contributed by atoms with Crippen molar-refractivity contribution >= 4 is 5.97 Å². The molecule has 6 N–H and O–H groups in total. The Balaban J connectivity index is 2.05. The lowest BCUT2D eigenvalue weighted by Crippen LogP contribution is -2.62. The summed E-state index contributed by atoms with van der Waals surface area (Å²) in [4.78, 5) is 10.9. The van der Waals surface area contributed by atoms with Crippen molar-refractivity contribution in [3.8, 4) is 0 Å². The van der Waals surface area contributed by atoms with Crippen molar-refractivity contribution in [1.82, 2.24) is 0 Å². The zero-order valence-electron chi connectivity index (χ0n) is 10.8. The highest BCUT2D eigenvalue weighted by atomic mass is 16.7. The van der Waals surface area contributed by atoms with Gasteiger partial charge in [0.05, 0.1) is 13.2 Å². The van der Waals surface area contributed by atoms with E-state index in [0.717, 1.165) is 0 Å². The molecule has 0 aromatic heterocycles. The van der Waals surface area contributed by atoms with Gasteiger partial charge in [0.2, 0.25) is 0 Å². The molecular formula is C11H18O10. The summed E-state index contributed by atoms with van der Waals surface area (Å²) in [5, 5.41) is 56.9. The number of ether oxygens (including phenoxy) is 3. The van der Waals surface area contributed by atoms with Crippen LogP contribution >= 0.6 is 0 Å². The zero-order chi connectivity index (χ0) is 15.7. The van der Waals surface area contributed by atoms with Crippen LogP contribution in [0.4, 0.5) is 0 Å². The second kappa shape index (κ2) is 6.50. The quantitative estimate of drug-likeness (QED) is 0.302. The van der Waals surface area contributed by atoms with Gasteiger partial charge < -0.3 is 44.8 Å². The maximum Gasteiger partial charge on any atom is 0.335 e. The van der Waals surface area contributed by atoms with Crippen LogP contribution in [0.5, 0.6) is 0 Å². The van der Waals surface area contributed by atoms with E-state index in [0.29, 0.717) is 0 Å². The van der Waals surface area contributed by atoms with E-state index >= 15 is 0 Å². The third-order valence-corrected chi connectivity index (χ3v) is 3.47. The van der Waals surface area contributed by atoms with Crippen LogP contribution in [0.1, 0.15) is 0 Å². The molecule has 0 radical (unpaired) electrons. The van der Waals surface area contributed by atoms with Gasteiger partial charge in [-0.2, -0.15) is 0 Å². The molecule has 0 saturated carbocycles. The molecular weight excluding hydrogens is 292 g/mol. The molecule has 21 heavy (non-hydrogen) atoms. The maximum atomic E-state index is 10.9. The topological polar surface area (TPSA) is 166 Å². The van der Waals surface area contributed by atoms with Gasteiger partial charge in [-0.25, -0.2) is 4.79 Å². The van der Waals surface area contributed by atoms with Gasteiger partial charge in [0.25, 0.3) is 0 Å². The molecule has 2 aliphatic heterocycles. The first-order valence-electron chi connectivity index (χ1n) is 6.34. The van der Waals surface area contributed by atoms with Gasteiger partial charge in [-0.3, -0.25) is 0 Å². The first-order chi connectivity index (χ1) is 9.82. The van der Waals surface area contributed by atoms with Crippen LogP contribution in [0, 0.1) is 0 Å². The number of rotatable bonds is 3. The molecule has 2 rings (SSSR count). The summed E-state index contributed by atoms with van der Waals surface area (Å²) in [6, 6.07) is 0. The maximum absolute atomic E-state index is 10.9. The Morgan fingerprint density at radius 1 is 0.952 bits per heavy atom. The molecule has 122 valence electrons. The molecule has 0 aromatic rings. The molecule has 0 amide bonds. The molecule has 0 unspecified atom stereocenters. The number of carboxylic acids is 1. The number of carboxylic acid groups (broad SMARTS) is 1. The lowest BCUT2D eigenvalue weighted by atomic mass is 9.98. The summed E-state index contributed by atoms with van der Waals surface area (Å²) >= 11 is 0.